The zero-order chi connectivity index (χ0) is 10.7. The van der Waals surface area contributed by atoms with Gasteiger partial charge in [0.1, 0.15) is 5.75 Å². The Morgan fingerprint density at radius 2 is 2.33 bits per heavy atom. The molecule has 2 heterocycles. The molecule has 4 nitrogen and oxygen atoms in total. The van der Waals surface area contributed by atoms with Gasteiger partial charge in [-0.15, -0.1) is 0 Å². The first-order chi connectivity index (χ1) is 7.33. The van der Waals surface area contributed by atoms with E-state index in [9.17, 15) is 5.11 Å². The van der Waals surface area contributed by atoms with E-state index in [-0.39, 0.29) is 5.75 Å². The first kappa shape index (κ1) is 9.73. The number of aromatic amines is 1. The molecular weight excluding hydrogens is 192 g/mol. The van der Waals surface area contributed by atoms with Gasteiger partial charge in [-0.25, -0.2) is 0 Å². The van der Waals surface area contributed by atoms with Crippen molar-refractivity contribution in [1.29, 1.82) is 0 Å². The molecular formula is C11H12N2O2. The average molecular weight is 204 g/mol. The molecule has 2 rings (SSSR count). The van der Waals surface area contributed by atoms with Gasteiger partial charge in [-0.2, -0.15) is 0 Å². The van der Waals surface area contributed by atoms with Gasteiger partial charge < -0.3 is 14.8 Å². The van der Waals surface area contributed by atoms with Crippen molar-refractivity contribution < 1.29 is 9.84 Å². The second-order valence-electron chi connectivity index (χ2n) is 3.21. The molecule has 0 radical (unpaired) electrons. The van der Waals surface area contributed by atoms with E-state index in [2.05, 4.69) is 9.97 Å². The fourth-order valence-corrected chi connectivity index (χ4v) is 1.55. The molecule has 2 aromatic heterocycles. The molecule has 2 aromatic rings. The molecule has 2 N–H and O–H groups in total. The Balaban J connectivity index is 2.52. The highest BCUT2D eigenvalue weighted by molar-refractivity contribution is 5.69. The summed E-state index contributed by atoms with van der Waals surface area (Å²) in [6.45, 7) is 0.426. The van der Waals surface area contributed by atoms with Gasteiger partial charge in [0.15, 0.2) is 0 Å². The maximum Gasteiger partial charge on any atom is 0.143 e. The van der Waals surface area contributed by atoms with Crippen LogP contribution in [0.1, 0.15) is 5.56 Å². The largest absolute Gasteiger partial charge is 0.506 e. The molecule has 0 unspecified atom stereocenters. The number of H-pyrrole nitrogens is 1. The van der Waals surface area contributed by atoms with Crippen LogP contribution in [0.4, 0.5) is 0 Å². The topological polar surface area (TPSA) is 58.1 Å². The van der Waals surface area contributed by atoms with E-state index in [1.54, 1.807) is 13.3 Å². The van der Waals surface area contributed by atoms with Gasteiger partial charge in [0.25, 0.3) is 0 Å². The number of hydrogen-bond acceptors (Lipinski definition) is 3. The Kier molecular flexibility index (Phi) is 2.69. The van der Waals surface area contributed by atoms with E-state index in [0.29, 0.717) is 6.61 Å². The number of rotatable bonds is 3. The molecule has 0 atom stereocenters. The Morgan fingerprint density at radius 1 is 1.47 bits per heavy atom. The molecule has 15 heavy (non-hydrogen) atoms. The van der Waals surface area contributed by atoms with E-state index in [4.69, 9.17) is 4.74 Å². The number of nitrogens with zero attached hydrogens (tertiary/aromatic N) is 1. The van der Waals surface area contributed by atoms with Crippen molar-refractivity contribution in [2.75, 3.05) is 7.11 Å². The lowest BCUT2D eigenvalue weighted by atomic mass is 10.1. The number of pyridine rings is 1. The van der Waals surface area contributed by atoms with Crippen LogP contribution in [0, 0.1) is 0 Å². The molecule has 0 bridgehead atoms. The summed E-state index contributed by atoms with van der Waals surface area (Å²) in [5.41, 5.74) is 2.47. The molecule has 0 saturated heterocycles. The fourth-order valence-electron chi connectivity index (χ4n) is 1.55. The zero-order valence-electron chi connectivity index (χ0n) is 8.40. The molecule has 0 saturated carbocycles. The van der Waals surface area contributed by atoms with Crippen molar-refractivity contribution in [3.8, 4) is 17.0 Å². The van der Waals surface area contributed by atoms with E-state index < -0.39 is 0 Å². The van der Waals surface area contributed by atoms with Crippen molar-refractivity contribution in [1.82, 2.24) is 9.97 Å². The van der Waals surface area contributed by atoms with Crippen molar-refractivity contribution in [2.24, 2.45) is 0 Å². The summed E-state index contributed by atoms with van der Waals surface area (Å²) in [4.78, 5) is 6.98. The Morgan fingerprint density at radius 3 is 3.00 bits per heavy atom. The van der Waals surface area contributed by atoms with E-state index in [0.717, 1.165) is 16.8 Å². The van der Waals surface area contributed by atoms with E-state index in [1.807, 2.05) is 18.3 Å². The van der Waals surface area contributed by atoms with Gasteiger partial charge in [-0.05, 0) is 12.1 Å². The lowest BCUT2D eigenvalue weighted by molar-refractivity contribution is 0.184. The molecule has 0 fully saturated rings. The van der Waals surface area contributed by atoms with E-state index >= 15 is 0 Å². The number of methoxy groups -OCH3 is 1. The van der Waals surface area contributed by atoms with Crippen LogP contribution in [-0.4, -0.2) is 22.2 Å². The van der Waals surface area contributed by atoms with Crippen LogP contribution in [0.3, 0.4) is 0 Å². The Hall–Kier alpha value is -1.81. The zero-order valence-corrected chi connectivity index (χ0v) is 8.40. The highest BCUT2D eigenvalue weighted by Gasteiger charge is 2.10. The molecule has 0 aliphatic carbocycles. The molecule has 78 valence electrons. The molecule has 0 spiro atoms. The van der Waals surface area contributed by atoms with Crippen LogP contribution in [0.25, 0.3) is 11.3 Å². The third-order valence-electron chi connectivity index (χ3n) is 2.17. The normalized spacial score (nSPS) is 10.5. The van der Waals surface area contributed by atoms with Crippen molar-refractivity contribution >= 4 is 0 Å². The quantitative estimate of drug-likeness (QED) is 0.803. The lowest BCUT2D eigenvalue weighted by Crippen LogP contribution is -1.94. The molecule has 0 aromatic carbocycles. The highest BCUT2D eigenvalue weighted by Crippen LogP contribution is 2.30. The van der Waals surface area contributed by atoms with Crippen LogP contribution in [0.2, 0.25) is 0 Å². The van der Waals surface area contributed by atoms with Crippen LogP contribution in [0.15, 0.2) is 30.7 Å². The van der Waals surface area contributed by atoms with Crippen LogP contribution in [-0.2, 0) is 11.3 Å². The summed E-state index contributed by atoms with van der Waals surface area (Å²) in [5, 5.41) is 9.75. The van der Waals surface area contributed by atoms with Crippen LogP contribution < -0.4 is 0 Å². The summed E-state index contributed by atoms with van der Waals surface area (Å²) < 4.78 is 5.06. The summed E-state index contributed by atoms with van der Waals surface area (Å²) >= 11 is 0. The van der Waals surface area contributed by atoms with E-state index in [1.165, 1.54) is 6.20 Å². The number of ether oxygens (including phenoxy) is 1. The van der Waals surface area contributed by atoms with Gasteiger partial charge in [0, 0.05) is 36.3 Å². The maximum absolute atomic E-state index is 9.75. The number of hydrogen-bond donors (Lipinski definition) is 2. The minimum atomic E-state index is 0.159. The second-order valence-corrected chi connectivity index (χ2v) is 3.21. The van der Waals surface area contributed by atoms with Crippen molar-refractivity contribution in [3.05, 3.63) is 36.3 Å². The molecule has 4 heteroatoms. The first-order valence-corrected chi connectivity index (χ1v) is 4.61. The van der Waals surface area contributed by atoms with Gasteiger partial charge >= 0.3 is 0 Å². The SMILES string of the molecule is COCc1cncc(O)c1-c1ccc[nH]1. The summed E-state index contributed by atoms with van der Waals surface area (Å²) in [7, 11) is 1.61. The molecule has 0 amide bonds. The summed E-state index contributed by atoms with van der Waals surface area (Å²) in [5.74, 6) is 0.159. The monoisotopic (exact) mass is 204 g/mol. The number of nitrogens with one attached hydrogen (secondary N) is 1. The van der Waals surface area contributed by atoms with Gasteiger partial charge in [-0.3, -0.25) is 4.98 Å². The fraction of sp³-hybridized carbons (Fsp3) is 0.182. The third kappa shape index (κ3) is 1.85. The first-order valence-electron chi connectivity index (χ1n) is 4.61. The maximum atomic E-state index is 9.75. The lowest BCUT2D eigenvalue weighted by Gasteiger charge is -2.08. The van der Waals surface area contributed by atoms with Gasteiger partial charge in [0.05, 0.1) is 12.8 Å². The molecule has 0 aliphatic rings. The van der Waals surface area contributed by atoms with Crippen molar-refractivity contribution in [2.45, 2.75) is 6.61 Å². The average Bonchev–Trinajstić information content (AvgIpc) is 2.71. The third-order valence-corrected chi connectivity index (χ3v) is 2.17. The standard InChI is InChI=1S/C11H12N2O2/c1-15-7-8-5-12-6-10(14)11(8)9-3-2-4-13-9/h2-6,13-14H,7H2,1H3. The second kappa shape index (κ2) is 4.14. The molecule has 0 aliphatic heterocycles. The van der Waals surface area contributed by atoms with Gasteiger partial charge in [-0.1, -0.05) is 0 Å². The predicted molar refractivity (Wildman–Crippen MR) is 56.4 cm³/mol. The number of aromatic nitrogens is 2. The minimum absolute atomic E-state index is 0.159. The minimum Gasteiger partial charge on any atom is -0.506 e. The Bertz CT molecular complexity index is 438. The van der Waals surface area contributed by atoms with Gasteiger partial charge in [0.2, 0.25) is 0 Å². The Labute approximate surface area is 87.6 Å². The predicted octanol–water partition coefficient (Wildman–Crippen LogP) is 1.93. The summed E-state index contributed by atoms with van der Waals surface area (Å²) in [6.07, 6.45) is 4.93. The summed E-state index contributed by atoms with van der Waals surface area (Å²) in [6, 6.07) is 3.78. The smallest absolute Gasteiger partial charge is 0.143 e. The van der Waals surface area contributed by atoms with Crippen LogP contribution in [0.5, 0.6) is 5.75 Å². The van der Waals surface area contributed by atoms with Crippen LogP contribution >= 0.6 is 0 Å². The highest BCUT2D eigenvalue weighted by atomic mass is 16.5. The number of aromatic hydroxyl groups is 1. The van der Waals surface area contributed by atoms with Crippen molar-refractivity contribution in [3.63, 3.8) is 0 Å².